The summed E-state index contributed by atoms with van der Waals surface area (Å²) in [5, 5.41) is 0. The van der Waals surface area contributed by atoms with Crippen molar-refractivity contribution in [1.29, 1.82) is 0 Å². The Labute approximate surface area is 105 Å². The average Bonchev–Trinajstić information content (AvgIpc) is 3.03. The van der Waals surface area contributed by atoms with Crippen molar-refractivity contribution in [2.24, 2.45) is 0 Å². The zero-order valence-electron chi connectivity index (χ0n) is 10.7. The van der Waals surface area contributed by atoms with Crippen LogP contribution in [0.25, 0.3) is 0 Å². The van der Waals surface area contributed by atoms with Crippen molar-refractivity contribution in [3.63, 3.8) is 0 Å². The van der Waals surface area contributed by atoms with E-state index in [0.29, 0.717) is 12.7 Å². The van der Waals surface area contributed by atoms with Crippen LogP contribution in [-0.2, 0) is 19.0 Å². The van der Waals surface area contributed by atoms with Crippen molar-refractivity contribution >= 4 is 10.1 Å². The van der Waals surface area contributed by atoms with Gasteiger partial charge in [-0.15, -0.1) is 0 Å². The van der Waals surface area contributed by atoms with Gasteiger partial charge in [0.25, 0.3) is 10.1 Å². The zero-order valence-corrected chi connectivity index (χ0v) is 11.5. The number of unbranched alkanes of at least 4 members (excludes halogenated alkanes) is 6. The quantitative estimate of drug-likeness (QED) is 0.327. The van der Waals surface area contributed by atoms with Gasteiger partial charge in [0, 0.05) is 0 Å². The Bertz CT molecular complexity index is 283. The molecule has 0 saturated carbocycles. The van der Waals surface area contributed by atoms with Gasteiger partial charge in [0.05, 0.1) is 25.6 Å². The summed E-state index contributed by atoms with van der Waals surface area (Å²) in [6.07, 6.45) is 11.0. The van der Waals surface area contributed by atoms with Gasteiger partial charge in [-0.25, -0.2) is 0 Å². The molecule has 1 fully saturated rings. The van der Waals surface area contributed by atoms with E-state index >= 15 is 0 Å². The van der Waals surface area contributed by atoms with Gasteiger partial charge in [-0.05, 0) is 12.8 Å². The lowest BCUT2D eigenvalue weighted by molar-refractivity contribution is 0.309. The molecule has 0 N–H and O–H groups in total. The van der Waals surface area contributed by atoms with Gasteiger partial charge >= 0.3 is 0 Å². The molecule has 0 bridgehead atoms. The number of rotatable bonds is 11. The largest absolute Gasteiger partial charge is 0.373 e. The summed E-state index contributed by atoms with van der Waals surface area (Å²) in [7, 11) is -3.24. The molecule has 1 atom stereocenters. The van der Waals surface area contributed by atoms with Crippen LogP contribution in [0.15, 0.2) is 0 Å². The smallest absolute Gasteiger partial charge is 0.264 e. The Morgan fingerprint density at radius 2 is 1.59 bits per heavy atom. The lowest BCUT2D eigenvalue weighted by Crippen LogP contribution is -2.03. The van der Waals surface area contributed by atoms with Crippen LogP contribution in [0.3, 0.4) is 0 Å². The summed E-state index contributed by atoms with van der Waals surface area (Å²) in [4.78, 5) is 0. The number of ether oxygens (including phenoxy) is 1. The molecule has 0 spiro atoms. The Balaban J connectivity index is 1.71. The second kappa shape index (κ2) is 8.06. The molecular formula is C12H24O4S. The highest BCUT2D eigenvalue weighted by molar-refractivity contribution is 7.85. The third-order valence-electron chi connectivity index (χ3n) is 2.87. The SMILES string of the molecule is CS(=O)(=O)OCCCCCCCCCC1CO1. The van der Waals surface area contributed by atoms with E-state index in [2.05, 4.69) is 4.18 Å². The van der Waals surface area contributed by atoms with Gasteiger partial charge in [-0.2, -0.15) is 8.42 Å². The van der Waals surface area contributed by atoms with E-state index in [4.69, 9.17) is 4.74 Å². The lowest BCUT2D eigenvalue weighted by Gasteiger charge is -2.02. The fraction of sp³-hybridized carbons (Fsp3) is 1.00. The number of epoxide rings is 1. The summed E-state index contributed by atoms with van der Waals surface area (Å²) in [5.41, 5.74) is 0. The molecule has 0 aromatic heterocycles. The molecule has 0 radical (unpaired) electrons. The third-order valence-corrected chi connectivity index (χ3v) is 3.47. The highest BCUT2D eigenvalue weighted by atomic mass is 32.2. The van der Waals surface area contributed by atoms with Gasteiger partial charge in [0.1, 0.15) is 0 Å². The molecule has 1 rings (SSSR count). The minimum Gasteiger partial charge on any atom is -0.373 e. The van der Waals surface area contributed by atoms with Crippen LogP contribution in [0.5, 0.6) is 0 Å². The van der Waals surface area contributed by atoms with Crippen LogP contribution in [0.1, 0.15) is 51.4 Å². The molecule has 0 amide bonds. The zero-order chi connectivity index (χ0) is 12.6. The summed E-state index contributed by atoms with van der Waals surface area (Å²) >= 11 is 0. The molecule has 0 aromatic rings. The molecule has 1 saturated heterocycles. The number of hydrogen-bond acceptors (Lipinski definition) is 4. The molecule has 0 aliphatic carbocycles. The monoisotopic (exact) mass is 264 g/mol. The molecule has 5 heteroatoms. The fourth-order valence-corrected chi connectivity index (χ4v) is 2.22. The highest BCUT2D eigenvalue weighted by Crippen LogP contribution is 2.18. The van der Waals surface area contributed by atoms with Gasteiger partial charge in [0.2, 0.25) is 0 Å². The summed E-state index contributed by atoms with van der Waals surface area (Å²) in [5.74, 6) is 0. The van der Waals surface area contributed by atoms with Crippen LogP contribution in [0.4, 0.5) is 0 Å². The first kappa shape index (κ1) is 14.9. The maximum absolute atomic E-state index is 10.7. The minimum absolute atomic E-state index is 0.331. The molecule has 17 heavy (non-hydrogen) atoms. The first-order chi connectivity index (χ1) is 8.08. The molecule has 0 aromatic carbocycles. The average molecular weight is 264 g/mol. The molecule has 1 unspecified atom stereocenters. The summed E-state index contributed by atoms with van der Waals surface area (Å²) < 4.78 is 31.1. The Morgan fingerprint density at radius 1 is 1.06 bits per heavy atom. The standard InChI is InChI=1S/C12H24O4S/c1-17(13,14)16-10-8-6-4-2-3-5-7-9-12-11-15-12/h12H,2-11H2,1H3. The molecule has 1 heterocycles. The van der Waals surface area contributed by atoms with Crippen LogP contribution < -0.4 is 0 Å². The van der Waals surface area contributed by atoms with Gasteiger partial charge < -0.3 is 4.74 Å². The molecule has 1 aliphatic heterocycles. The van der Waals surface area contributed by atoms with E-state index in [1.165, 1.54) is 38.5 Å². The van der Waals surface area contributed by atoms with Gasteiger partial charge in [-0.1, -0.05) is 38.5 Å². The van der Waals surface area contributed by atoms with Crippen LogP contribution >= 0.6 is 0 Å². The molecule has 4 nitrogen and oxygen atoms in total. The maximum atomic E-state index is 10.7. The lowest BCUT2D eigenvalue weighted by atomic mass is 10.1. The van der Waals surface area contributed by atoms with E-state index < -0.39 is 10.1 Å². The van der Waals surface area contributed by atoms with E-state index in [1.807, 2.05) is 0 Å². The first-order valence-electron chi connectivity index (χ1n) is 6.54. The molecule has 102 valence electrons. The number of hydrogen-bond donors (Lipinski definition) is 0. The Morgan fingerprint density at radius 3 is 2.12 bits per heavy atom. The van der Waals surface area contributed by atoms with Crippen molar-refractivity contribution in [2.45, 2.75) is 57.5 Å². The summed E-state index contributed by atoms with van der Waals surface area (Å²) in [6, 6.07) is 0. The Kier molecular flexibility index (Phi) is 7.08. The topological polar surface area (TPSA) is 55.9 Å². The highest BCUT2D eigenvalue weighted by Gasteiger charge is 2.20. The first-order valence-corrected chi connectivity index (χ1v) is 8.35. The maximum Gasteiger partial charge on any atom is 0.264 e. The van der Waals surface area contributed by atoms with Crippen molar-refractivity contribution < 1.29 is 17.3 Å². The fourth-order valence-electron chi connectivity index (χ4n) is 1.80. The Hall–Kier alpha value is -0.130. The van der Waals surface area contributed by atoms with Crippen LogP contribution in [-0.4, -0.2) is 34.0 Å². The van der Waals surface area contributed by atoms with Crippen LogP contribution in [0.2, 0.25) is 0 Å². The summed E-state index contributed by atoms with van der Waals surface area (Å²) in [6.45, 7) is 1.30. The normalized spacial score (nSPS) is 19.5. The van der Waals surface area contributed by atoms with Crippen molar-refractivity contribution in [1.82, 2.24) is 0 Å². The minimum atomic E-state index is -3.24. The van der Waals surface area contributed by atoms with E-state index in [9.17, 15) is 8.42 Å². The second-order valence-electron chi connectivity index (χ2n) is 4.74. The molecule has 1 aliphatic rings. The third kappa shape index (κ3) is 10.7. The predicted octanol–water partition coefficient (Wildman–Crippen LogP) is 2.48. The van der Waals surface area contributed by atoms with Crippen molar-refractivity contribution in [2.75, 3.05) is 19.5 Å². The van der Waals surface area contributed by atoms with E-state index in [1.54, 1.807) is 0 Å². The van der Waals surface area contributed by atoms with E-state index in [-0.39, 0.29) is 0 Å². The van der Waals surface area contributed by atoms with Crippen molar-refractivity contribution in [3.8, 4) is 0 Å². The van der Waals surface area contributed by atoms with Crippen molar-refractivity contribution in [3.05, 3.63) is 0 Å². The molecular weight excluding hydrogens is 240 g/mol. The predicted molar refractivity (Wildman–Crippen MR) is 67.5 cm³/mol. The van der Waals surface area contributed by atoms with E-state index in [0.717, 1.165) is 25.7 Å². The van der Waals surface area contributed by atoms with Crippen LogP contribution in [0, 0.1) is 0 Å². The van der Waals surface area contributed by atoms with Gasteiger partial charge in [-0.3, -0.25) is 4.18 Å². The second-order valence-corrected chi connectivity index (χ2v) is 6.39. The van der Waals surface area contributed by atoms with Gasteiger partial charge in [0.15, 0.2) is 0 Å².